The van der Waals surface area contributed by atoms with E-state index in [1.165, 1.54) is 17.6 Å². The Morgan fingerprint density at radius 3 is 1.98 bits per heavy atom. The van der Waals surface area contributed by atoms with Crippen molar-refractivity contribution in [2.45, 2.75) is 77.7 Å². The van der Waals surface area contributed by atoms with E-state index in [2.05, 4.69) is 80.4 Å². The van der Waals surface area contributed by atoms with Crippen molar-refractivity contribution in [2.75, 3.05) is 37.6 Å². The third kappa shape index (κ3) is 9.61. The van der Waals surface area contributed by atoms with Crippen LogP contribution in [0.2, 0.25) is 0 Å². The van der Waals surface area contributed by atoms with Crippen molar-refractivity contribution in [1.29, 1.82) is 0 Å². The number of anilines is 2. The highest BCUT2D eigenvalue weighted by atomic mass is 127. The largest absolute Gasteiger partial charge is 0.444 e. The van der Waals surface area contributed by atoms with E-state index in [0.717, 1.165) is 24.6 Å². The zero-order chi connectivity index (χ0) is 34.7. The average molecular weight is 879 g/mol. The smallest absolute Gasteiger partial charge is 0.410 e. The first-order valence-corrected chi connectivity index (χ1v) is 17.0. The van der Waals surface area contributed by atoms with Crippen LogP contribution >= 0.6 is 45.2 Å². The summed E-state index contributed by atoms with van der Waals surface area (Å²) in [5, 5.41) is 22.0. The Morgan fingerprint density at radius 2 is 1.43 bits per heavy atom. The van der Waals surface area contributed by atoms with Gasteiger partial charge in [-0.05, 0) is 99.6 Å². The van der Waals surface area contributed by atoms with E-state index in [1.807, 2.05) is 46.2 Å². The van der Waals surface area contributed by atoms with E-state index in [0.29, 0.717) is 55.5 Å². The van der Waals surface area contributed by atoms with E-state index in [9.17, 15) is 14.7 Å². The maximum Gasteiger partial charge on any atom is 0.410 e. The molecule has 0 radical (unpaired) electrons. The normalized spacial score (nSPS) is 18.1. The molecule has 2 atom stereocenters. The second kappa shape index (κ2) is 14.8. The molecule has 6 heterocycles. The molecular weight excluding hydrogens is 838 g/mol. The summed E-state index contributed by atoms with van der Waals surface area (Å²) in [6.45, 7) is 13.3. The van der Waals surface area contributed by atoms with Gasteiger partial charge in [0.2, 0.25) is 0 Å². The number of fused-ring (bicyclic) bond motifs is 2. The molecule has 47 heavy (non-hydrogen) atoms. The minimum absolute atomic E-state index is 0.0582. The number of nitrogens with zero attached hydrogens (tertiary/aromatic N) is 9. The number of amides is 2. The molecule has 17 nitrogen and oxygen atoms in total. The van der Waals surface area contributed by atoms with Crippen molar-refractivity contribution in [3.8, 4) is 0 Å². The van der Waals surface area contributed by atoms with Crippen LogP contribution in [0.25, 0.3) is 22.1 Å². The predicted octanol–water partition coefficient (Wildman–Crippen LogP) is 3.72. The van der Waals surface area contributed by atoms with Crippen LogP contribution in [0, 0.1) is 7.40 Å². The topological polar surface area (TPSA) is 229 Å². The molecule has 4 aromatic heterocycles. The van der Waals surface area contributed by atoms with Crippen LogP contribution < -0.4 is 11.5 Å². The molecule has 0 spiro atoms. The number of carbonyl (C=O) groups is 2. The van der Waals surface area contributed by atoms with Gasteiger partial charge in [-0.25, -0.2) is 34.2 Å². The van der Waals surface area contributed by atoms with Crippen molar-refractivity contribution < 1.29 is 24.2 Å². The highest BCUT2D eigenvalue weighted by Crippen LogP contribution is 2.30. The van der Waals surface area contributed by atoms with Crippen molar-refractivity contribution in [3.63, 3.8) is 0 Å². The summed E-state index contributed by atoms with van der Waals surface area (Å²) >= 11 is 4.23. The van der Waals surface area contributed by atoms with Crippen LogP contribution in [-0.2, 0) is 9.47 Å². The van der Waals surface area contributed by atoms with Crippen LogP contribution in [0.15, 0.2) is 12.7 Å². The quantitative estimate of drug-likeness (QED) is 0.200. The van der Waals surface area contributed by atoms with Gasteiger partial charge in [0.05, 0.1) is 22.9 Å². The molecule has 0 aromatic carbocycles. The van der Waals surface area contributed by atoms with E-state index in [1.54, 1.807) is 4.90 Å². The molecule has 6 rings (SSSR count). The number of nitrogens with two attached hydrogens (primary N) is 2. The number of nitrogen functional groups attached to an aromatic ring is 2. The first kappa shape index (κ1) is 36.5. The van der Waals surface area contributed by atoms with Crippen molar-refractivity contribution in [3.05, 3.63) is 20.1 Å². The molecule has 2 fully saturated rings. The van der Waals surface area contributed by atoms with Crippen LogP contribution in [0.1, 0.15) is 60.4 Å². The standard InChI is InChI=1S/C14H19IN6O2.C9H17NO3.C5H4IN5/c1-14(2,3)23-13(22)20-5-4-8(6-20)21-12-9(10(15)19-21)11(16)17-7-18-12;1-9(2,3)13-8(12)10-5-4-7(11)6-10;6-3-2-4(7)8-1-9-5(2)11-10-3/h7-8H,4-6H2,1-3H3,(H2,16,17,18);7,11H,4-6H2,1-3H3;1H,(H3,7,8,9,10,11)/t8-;7-;/m10./s1. The summed E-state index contributed by atoms with van der Waals surface area (Å²) < 4.78 is 14.1. The van der Waals surface area contributed by atoms with E-state index >= 15 is 0 Å². The summed E-state index contributed by atoms with van der Waals surface area (Å²) in [5.74, 6) is 0.890. The first-order chi connectivity index (χ1) is 21.9. The number of carbonyl (C=O) groups excluding carboxylic acids is 2. The second-order valence-electron chi connectivity index (χ2n) is 12.9. The van der Waals surface area contributed by atoms with Crippen LogP contribution in [0.5, 0.6) is 0 Å². The Labute approximate surface area is 298 Å². The van der Waals surface area contributed by atoms with Crippen molar-refractivity contribution in [2.24, 2.45) is 0 Å². The van der Waals surface area contributed by atoms with Gasteiger partial charge in [0, 0.05) is 26.2 Å². The lowest BCUT2D eigenvalue weighted by Gasteiger charge is -2.24. The van der Waals surface area contributed by atoms with Crippen LogP contribution in [-0.4, -0.2) is 110 Å². The van der Waals surface area contributed by atoms with Gasteiger partial charge in [0.1, 0.15) is 42.9 Å². The number of halogens is 2. The number of aromatic amines is 1. The van der Waals surface area contributed by atoms with Gasteiger partial charge in [-0.3, -0.25) is 5.10 Å². The fraction of sp³-hybridized carbons (Fsp3) is 0.571. The summed E-state index contributed by atoms with van der Waals surface area (Å²) in [6, 6.07) is 0.0582. The molecule has 0 saturated carbocycles. The molecule has 0 aliphatic carbocycles. The highest BCUT2D eigenvalue weighted by molar-refractivity contribution is 14.1. The molecule has 2 aliphatic rings. The third-order valence-electron chi connectivity index (χ3n) is 6.79. The lowest BCUT2D eigenvalue weighted by atomic mass is 10.2. The Balaban J connectivity index is 0.000000176. The van der Waals surface area contributed by atoms with Crippen molar-refractivity contribution >= 4 is 91.1 Å². The molecular formula is C28H40I2N12O5. The zero-order valence-corrected chi connectivity index (χ0v) is 31.4. The van der Waals surface area contributed by atoms with Gasteiger partial charge in [-0.1, -0.05) is 0 Å². The number of hydrogen-bond acceptors (Lipinski definition) is 13. The number of aliphatic hydroxyl groups is 1. The second-order valence-corrected chi connectivity index (χ2v) is 15.0. The van der Waals surface area contributed by atoms with Gasteiger partial charge >= 0.3 is 12.2 Å². The van der Waals surface area contributed by atoms with Crippen LogP contribution in [0.4, 0.5) is 21.2 Å². The monoisotopic (exact) mass is 878 g/mol. The molecule has 19 heteroatoms. The fourth-order valence-electron chi connectivity index (χ4n) is 4.72. The van der Waals surface area contributed by atoms with Gasteiger partial charge < -0.3 is 35.8 Å². The number of β-amino-alcohol motifs (C(OH)–C–C–N with tert-alkyl or cyclic N) is 1. The van der Waals surface area contributed by atoms with E-state index < -0.39 is 11.2 Å². The molecule has 0 unspecified atom stereocenters. The maximum atomic E-state index is 12.2. The summed E-state index contributed by atoms with van der Waals surface area (Å²) in [5.41, 5.74) is 11.9. The number of likely N-dealkylation sites (tertiary alicyclic amines) is 2. The summed E-state index contributed by atoms with van der Waals surface area (Å²) in [7, 11) is 0. The van der Waals surface area contributed by atoms with Gasteiger partial charge in [0.15, 0.2) is 11.3 Å². The lowest BCUT2D eigenvalue weighted by molar-refractivity contribution is 0.0266. The number of aromatic nitrogens is 8. The Kier molecular flexibility index (Phi) is 11.5. The first-order valence-electron chi connectivity index (χ1n) is 14.8. The Bertz CT molecular complexity index is 1720. The van der Waals surface area contributed by atoms with Crippen LogP contribution in [0.3, 0.4) is 0 Å². The Hall–Kier alpha value is -3.34. The number of hydrogen-bond donors (Lipinski definition) is 4. The molecule has 4 aromatic rings. The van der Waals surface area contributed by atoms with E-state index in [4.69, 9.17) is 20.9 Å². The predicted molar refractivity (Wildman–Crippen MR) is 191 cm³/mol. The summed E-state index contributed by atoms with van der Waals surface area (Å²) in [4.78, 5) is 42.9. The van der Waals surface area contributed by atoms with Gasteiger partial charge in [0.25, 0.3) is 0 Å². The number of rotatable bonds is 1. The Morgan fingerprint density at radius 1 is 0.872 bits per heavy atom. The number of H-pyrrole nitrogens is 1. The summed E-state index contributed by atoms with van der Waals surface area (Å²) in [6.07, 6.45) is 3.29. The lowest BCUT2D eigenvalue weighted by Crippen LogP contribution is -2.35. The highest BCUT2D eigenvalue weighted by Gasteiger charge is 2.33. The third-order valence-corrected chi connectivity index (χ3v) is 8.32. The van der Waals surface area contributed by atoms with Gasteiger partial charge in [-0.15, -0.1) is 0 Å². The fourth-order valence-corrected chi connectivity index (χ4v) is 6.11. The SMILES string of the molecule is CC(C)(C)OC(=O)N1CC[C@@H](n2nc(I)c3c(N)ncnc32)C1.CC(C)(C)OC(=O)N1CC[C@H](O)C1.Nc1ncnc2n[nH]c(I)c12. The molecule has 256 valence electrons. The van der Waals surface area contributed by atoms with Gasteiger partial charge in [-0.2, -0.15) is 10.2 Å². The minimum Gasteiger partial charge on any atom is -0.444 e. The molecule has 2 amide bonds. The molecule has 2 saturated heterocycles. The number of nitrogens with one attached hydrogen (secondary N) is 1. The van der Waals surface area contributed by atoms with E-state index in [-0.39, 0.29) is 24.3 Å². The number of ether oxygens (including phenoxy) is 2. The molecule has 0 bridgehead atoms. The zero-order valence-electron chi connectivity index (χ0n) is 27.1. The maximum absolute atomic E-state index is 12.2. The minimum atomic E-state index is -0.495. The molecule has 2 aliphatic heterocycles. The average Bonchev–Trinajstić information content (AvgIpc) is 3.75. The number of aliphatic hydroxyl groups excluding tert-OH is 1. The molecule has 6 N–H and O–H groups in total. The van der Waals surface area contributed by atoms with Crippen molar-refractivity contribution in [1.82, 2.24) is 49.7 Å².